The quantitative estimate of drug-likeness (QED) is 0.746. The van der Waals surface area contributed by atoms with Crippen molar-refractivity contribution in [1.82, 2.24) is 0 Å². The highest BCUT2D eigenvalue weighted by Gasteiger charge is 2.01. The van der Waals surface area contributed by atoms with Gasteiger partial charge in [0.05, 0.1) is 0 Å². The Balaban J connectivity index is 2.24. The molecule has 14 heavy (non-hydrogen) atoms. The number of nitrogens with two attached hydrogens (primary N) is 1. The number of Topliss-reactive ketones (excluding diaryl/α,β-unsaturated/α-hetero) is 1. The van der Waals surface area contributed by atoms with Gasteiger partial charge >= 0.3 is 0 Å². The maximum Gasteiger partial charge on any atom is 0.133 e. The van der Waals surface area contributed by atoms with Crippen LogP contribution in [-0.2, 0) is 11.2 Å². The van der Waals surface area contributed by atoms with E-state index in [1.807, 2.05) is 18.2 Å². The van der Waals surface area contributed by atoms with Gasteiger partial charge in [0.2, 0.25) is 0 Å². The van der Waals surface area contributed by atoms with Crippen LogP contribution in [0.1, 0.15) is 24.8 Å². The normalized spacial score (nSPS) is 10.1. The zero-order valence-corrected chi connectivity index (χ0v) is 8.41. The molecule has 0 fully saturated rings. The van der Waals surface area contributed by atoms with Crippen LogP contribution >= 0.6 is 0 Å². The van der Waals surface area contributed by atoms with Crippen molar-refractivity contribution in [2.24, 2.45) is 5.73 Å². The van der Waals surface area contributed by atoms with Gasteiger partial charge in [-0.2, -0.15) is 0 Å². The van der Waals surface area contributed by atoms with E-state index in [-0.39, 0.29) is 0 Å². The number of ketones is 1. The molecule has 0 amide bonds. The van der Waals surface area contributed by atoms with E-state index in [1.165, 1.54) is 5.56 Å². The van der Waals surface area contributed by atoms with E-state index < -0.39 is 0 Å². The molecule has 0 radical (unpaired) electrons. The van der Waals surface area contributed by atoms with Gasteiger partial charge in [0.15, 0.2) is 0 Å². The molecule has 1 aromatic carbocycles. The summed E-state index contributed by atoms with van der Waals surface area (Å²) in [5.41, 5.74) is 6.56. The monoisotopic (exact) mass is 191 g/mol. The van der Waals surface area contributed by atoms with Gasteiger partial charge < -0.3 is 5.73 Å². The number of carbonyl (C=O) groups is 1. The van der Waals surface area contributed by atoms with E-state index in [2.05, 4.69) is 12.1 Å². The Bertz CT molecular complexity index is 269. The highest BCUT2D eigenvalue weighted by Crippen LogP contribution is 2.04. The third kappa shape index (κ3) is 4.19. The number of hydrogen-bond donors (Lipinski definition) is 1. The van der Waals surface area contributed by atoms with Gasteiger partial charge in [-0.05, 0) is 24.9 Å². The fourth-order valence-electron chi connectivity index (χ4n) is 1.35. The van der Waals surface area contributed by atoms with Crippen molar-refractivity contribution >= 4 is 5.78 Å². The molecule has 0 bridgehead atoms. The number of hydrogen-bond acceptors (Lipinski definition) is 2. The maximum absolute atomic E-state index is 11.3. The second-order valence-electron chi connectivity index (χ2n) is 3.42. The molecule has 2 heteroatoms. The molecule has 1 rings (SSSR count). The zero-order chi connectivity index (χ0) is 10.2. The van der Waals surface area contributed by atoms with Gasteiger partial charge in [-0.3, -0.25) is 4.79 Å². The molecule has 0 unspecified atom stereocenters. The van der Waals surface area contributed by atoms with Crippen molar-refractivity contribution in [1.29, 1.82) is 0 Å². The second kappa shape index (κ2) is 6.33. The predicted molar refractivity (Wildman–Crippen MR) is 58.1 cm³/mol. The predicted octanol–water partition coefficient (Wildman–Crippen LogP) is 1.93. The fourth-order valence-corrected chi connectivity index (χ4v) is 1.35. The summed E-state index contributed by atoms with van der Waals surface area (Å²) >= 11 is 0. The number of aryl methyl sites for hydroxylation is 1. The lowest BCUT2D eigenvalue weighted by molar-refractivity contribution is -0.119. The van der Waals surface area contributed by atoms with Crippen molar-refractivity contribution in [3.63, 3.8) is 0 Å². The number of benzene rings is 1. The van der Waals surface area contributed by atoms with Crippen molar-refractivity contribution in [2.45, 2.75) is 25.7 Å². The maximum atomic E-state index is 11.3. The van der Waals surface area contributed by atoms with Crippen LogP contribution in [0.4, 0.5) is 0 Å². The molecule has 0 aliphatic rings. The Morgan fingerprint density at radius 2 is 1.86 bits per heavy atom. The minimum absolute atomic E-state index is 0.319. The molecule has 0 atom stereocenters. The standard InChI is InChI=1S/C12H17NO/c13-10-4-7-12(14)9-8-11-5-2-1-3-6-11/h1-3,5-6H,4,7-10,13H2. The summed E-state index contributed by atoms with van der Waals surface area (Å²) in [4.78, 5) is 11.3. The first-order valence-corrected chi connectivity index (χ1v) is 5.08. The first-order valence-electron chi connectivity index (χ1n) is 5.08. The minimum atomic E-state index is 0.319. The molecule has 2 N–H and O–H groups in total. The molecule has 0 aromatic heterocycles. The van der Waals surface area contributed by atoms with Crippen molar-refractivity contribution in [2.75, 3.05) is 6.54 Å². The lowest BCUT2D eigenvalue weighted by Crippen LogP contribution is -2.05. The third-order valence-electron chi connectivity index (χ3n) is 2.20. The van der Waals surface area contributed by atoms with Crippen LogP contribution in [0.15, 0.2) is 30.3 Å². The molecule has 0 heterocycles. The van der Waals surface area contributed by atoms with Crippen molar-refractivity contribution < 1.29 is 4.79 Å². The van der Waals surface area contributed by atoms with Crippen LogP contribution in [-0.4, -0.2) is 12.3 Å². The lowest BCUT2D eigenvalue weighted by Gasteiger charge is -2.00. The van der Waals surface area contributed by atoms with Crippen LogP contribution in [0.25, 0.3) is 0 Å². The number of carbonyl (C=O) groups excluding carboxylic acids is 1. The summed E-state index contributed by atoms with van der Waals surface area (Å²) in [6.45, 7) is 0.608. The highest BCUT2D eigenvalue weighted by atomic mass is 16.1. The first kappa shape index (κ1) is 10.9. The van der Waals surface area contributed by atoms with E-state index >= 15 is 0 Å². The van der Waals surface area contributed by atoms with Crippen LogP contribution < -0.4 is 5.73 Å². The van der Waals surface area contributed by atoms with E-state index in [4.69, 9.17) is 5.73 Å². The van der Waals surface area contributed by atoms with E-state index in [1.54, 1.807) is 0 Å². The summed E-state index contributed by atoms with van der Waals surface area (Å²) in [6, 6.07) is 10.1. The van der Waals surface area contributed by atoms with E-state index in [9.17, 15) is 4.79 Å². The molecule has 0 saturated heterocycles. The molecular formula is C12H17NO. The zero-order valence-electron chi connectivity index (χ0n) is 8.41. The first-order chi connectivity index (χ1) is 6.83. The Morgan fingerprint density at radius 1 is 1.14 bits per heavy atom. The molecule has 0 aliphatic carbocycles. The summed E-state index contributed by atoms with van der Waals surface area (Å²) in [6.07, 6.45) is 2.94. The van der Waals surface area contributed by atoms with E-state index in [0.717, 1.165) is 12.8 Å². The van der Waals surface area contributed by atoms with Gasteiger partial charge in [-0.1, -0.05) is 30.3 Å². The van der Waals surface area contributed by atoms with Gasteiger partial charge in [-0.15, -0.1) is 0 Å². The smallest absolute Gasteiger partial charge is 0.133 e. The average molecular weight is 191 g/mol. The summed E-state index contributed by atoms with van der Waals surface area (Å²) < 4.78 is 0. The lowest BCUT2D eigenvalue weighted by atomic mass is 10.1. The molecular weight excluding hydrogens is 174 g/mol. The summed E-state index contributed by atoms with van der Waals surface area (Å²) in [7, 11) is 0. The molecule has 76 valence electrons. The molecule has 0 aliphatic heterocycles. The van der Waals surface area contributed by atoms with Crippen molar-refractivity contribution in [3.05, 3.63) is 35.9 Å². The fraction of sp³-hybridized carbons (Fsp3) is 0.417. The number of rotatable bonds is 6. The van der Waals surface area contributed by atoms with Crippen molar-refractivity contribution in [3.8, 4) is 0 Å². The SMILES string of the molecule is NCCCC(=O)CCc1ccccc1. The minimum Gasteiger partial charge on any atom is -0.330 e. The van der Waals surface area contributed by atoms with Gasteiger partial charge in [0.25, 0.3) is 0 Å². The van der Waals surface area contributed by atoms with Gasteiger partial charge in [0.1, 0.15) is 5.78 Å². The summed E-state index contributed by atoms with van der Waals surface area (Å²) in [5, 5.41) is 0. The van der Waals surface area contributed by atoms with Crippen LogP contribution in [0.2, 0.25) is 0 Å². The molecule has 0 saturated carbocycles. The second-order valence-corrected chi connectivity index (χ2v) is 3.42. The topological polar surface area (TPSA) is 43.1 Å². The summed E-state index contributed by atoms with van der Waals surface area (Å²) in [5.74, 6) is 0.319. The molecule has 0 spiro atoms. The largest absolute Gasteiger partial charge is 0.330 e. The highest BCUT2D eigenvalue weighted by molar-refractivity contribution is 5.78. The Labute approximate surface area is 85.1 Å². The Kier molecular flexibility index (Phi) is 4.94. The molecule has 2 nitrogen and oxygen atoms in total. The van der Waals surface area contributed by atoms with Crippen LogP contribution in [0.5, 0.6) is 0 Å². The van der Waals surface area contributed by atoms with Crippen LogP contribution in [0, 0.1) is 0 Å². The Hall–Kier alpha value is -1.15. The third-order valence-corrected chi connectivity index (χ3v) is 2.20. The molecule has 1 aromatic rings. The van der Waals surface area contributed by atoms with Gasteiger partial charge in [0, 0.05) is 12.8 Å². The average Bonchev–Trinajstić information content (AvgIpc) is 2.25. The van der Waals surface area contributed by atoms with Crippen LogP contribution in [0.3, 0.4) is 0 Å². The van der Waals surface area contributed by atoms with E-state index in [0.29, 0.717) is 25.2 Å². The Morgan fingerprint density at radius 3 is 2.50 bits per heavy atom. The van der Waals surface area contributed by atoms with Gasteiger partial charge in [-0.25, -0.2) is 0 Å².